The number of aromatic nitrogens is 1. The van der Waals surface area contributed by atoms with Gasteiger partial charge in [0.1, 0.15) is 0 Å². The maximum Gasteiger partial charge on any atom is 0.223 e. The molecule has 1 N–H and O–H groups in total. The number of amides is 1. The molecular weight excluding hydrogens is 424 g/mol. The Bertz CT molecular complexity index is 1110. The van der Waals surface area contributed by atoms with Crippen molar-refractivity contribution in [3.8, 4) is 10.4 Å². The van der Waals surface area contributed by atoms with Gasteiger partial charge in [0.15, 0.2) is 0 Å². The summed E-state index contributed by atoms with van der Waals surface area (Å²) >= 11 is 1.78. The highest BCUT2D eigenvalue weighted by molar-refractivity contribution is 7.13. The second-order valence-electron chi connectivity index (χ2n) is 11.0. The van der Waals surface area contributed by atoms with Crippen LogP contribution in [0.1, 0.15) is 77.7 Å². The van der Waals surface area contributed by atoms with Crippen LogP contribution in [-0.2, 0) is 4.79 Å². The molecular formula is C29H38N2OS. The van der Waals surface area contributed by atoms with Crippen molar-refractivity contribution in [1.82, 2.24) is 9.88 Å². The lowest BCUT2D eigenvalue weighted by Gasteiger charge is -2.56. The Morgan fingerprint density at radius 2 is 2.03 bits per heavy atom. The molecule has 2 aromatic heterocycles. The van der Waals surface area contributed by atoms with Gasteiger partial charge in [-0.15, -0.1) is 11.3 Å². The Labute approximate surface area is 202 Å². The largest absolute Gasteiger partial charge is 0.361 e. The number of benzene rings is 1. The van der Waals surface area contributed by atoms with E-state index >= 15 is 0 Å². The second kappa shape index (κ2) is 8.94. The van der Waals surface area contributed by atoms with E-state index < -0.39 is 0 Å². The van der Waals surface area contributed by atoms with Crippen LogP contribution in [0.5, 0.6) is 0 Å². The summed E-state index contributed by atoms with van der Waals surface area (Å²) in [6.45, 7) is 10.4. The average molecular weight is 463 g/mol. The van der Waals surface area contributed by atoms with Gasteiger partial charge in [0.2, 0.25) is 5.91 Å². The van der Waals surface area contributed by atoms with E-state index in [-0.39, 0.29) is 11.3 Å². The molecule has 0 spiro atoms. The Morgan fingerprint density at radius 1 is 1.18 bits per heavy atom. The quantitative estimate of drug-likeness (QED) is 0.412. The van der Waals surface area contributed by atoms with Crippen LogP contribution in [0.25, 0.3) is 21.3 Å². The van der Waals surface area contributed by atoms with E-state index in [2.05, 4.69) is 79.5 Å². The normalized spacial score (nSPS) is 26.5. The molecule has 4 atom stereocenters. The Kier molecular flexibility index (Phi) is 6.15. The number of thiophene rings is 1. The lowest BCUT2D eigenvalue weighted by molar-refractivity contribution is -0.146. The zero-order valence-electron chi connectivity index (χ0n) is 20.6. The number of rotatable bonds is 5. The molecule has 3 heterocycles. The van der Waals surface area contributed by atoms with Crippen LogP contribution < -0.4 is 0 Å². The minimum atomic E-state index is 0.185. The number of carbonyl (C=O) groups excluding carboxylic acids is 1. The topological polar surface area (TPSA) is 36.1 Å². The minimum Gasteiger partial charge on any atom is -0.361 e. The SMILES string of the molecule is CC(CC(=O)N1CCCC2(C)C(C(C)C)CCCC12)c1c[nH]c2cccc(-c3cccs3)c12. The average Bonchev–Trinajstić information content (AvgIpc) is 3.47. The molecule has 1 saturated heterocycles. The van der Waals surface area contributed by atoms with Gasteiger partial charge in [0, 0.05) is 46.5 Å². The standard InChI is InChI=1S/C29H38N2OS/c1-19(2)23-10-6-13-26-29(23,4)14-8-15-31(26)27(32)17-20(3)22-18-30-24-11-5-9-21(28(22)24)25-12-7-16-33-25/h5,7,9,11-12,16,18-20,23,26,30H,6,8,10,13-15,17H2,1-4H3. The number of nitrogens with one attached hydrogen (secondary N) is 1. The van der Waals surface area contributed by atoms with Crippen molar-refractivity contribution in [2.75, 3.05) is 6.54 Å². The van der Waals surface area contributed by atoms with Crippen molar-refractivity contribution in [3.05, 3.63) is 47.5 Å². The van der Waals surface area contributed by atoms with Gasteiger partial charge in [-0.2, -0.15) is 0 Å². The van der Waals surface area contributed by atoms with Crippen molar-refractivity contribution in [3.63, 3.8) is 0 Å². The molecule has 1 amide bonds. The van der Waals surface area contributed by atoms with E-state index in [1.54, 1.807) is 11.3 Å². The lowest BCUT2D eigenvalue weighted by atomic mass is 9.57. The number of hydrogen-bond acceptors (Lipinski definition) is 2. The van der Waals surface area contributed by atoms with Crippen LogP contribution in [0.4, 0.5) is 0 Å². The van der Waals surface area contributed by atoms with Crippen molar-refractivity contribution < 1.29 is 4.79 Å². The third kappa shape index (κ3) is 3.95. The van der Waals surface area contributed by atoms with E-state index in [1.807, 2.05) is 0 Å². The van der Waals surface area contributed by atoms with Crippen molar-refractivity contribution in [2.45, 2.75) is 78.2 Å². The van der Waals surface area contributed by atoms with Crippen molar-refractivity contribution in [1.29, 1.82) is 0 Å². The zero-order chi connectivity index (χ0) is 23.2. The highest BCUT2D eigenvalue weighted by atomic mass is 32.1. The molecule has 2 fully saturated rings. The van der Waals surface area contributed by atoms with Crippen LogP contribution in [0.2, 0.25) is 0 Å². The number of carbonyl (C=O) groups is 1. The summed E-state index contributed by atoms with van der Waals surface area (Å²) in [6.07, 6.45) is 8.90. The van der Waals surface area contributed by atoms with Crippen LogP contribution in [0.3, 0.4) is 0 Å². The summed E-state index contributed by atoms with van der Waals surface area (Å²) in [6, 6.07) is 11.2. The number of hydrogen-bond donors (Lipinski definition) is 1. The van der Waals surface area contributed by atoms with E-state index in [0.29, 0.717) is 24.3 Å². The Hall–Kier alpha value is -2.07. The summed E-state index contributed by atoms with van der Waals surface area (Å²) < 4.78 is 0. The van der Waals surface area contributed by atoms with Crippen LogP contribution >= 0.6 is 11.3 Å². The summed E-state index contributed by atoms with van der Waals surface area (Å²) in [5.74, 6) is 1.95. The van der Waals surface area contributed by atoms with Crippen molar-refractivity contribution in [2.24, 2.45) is 17.3 Å². The number of fused-ring (bicyclic) bond motifs is 2. The summed E-state index contributed by atoms with van der Waals surface area (Å²) in [5, 5.41) is 3.41. The molecule has 0 radical (unpaired) electrons. The first-order valence-corrected chi connectivity index (χ1v) is 13.7. The second-order valence-corrected chi connectivity index (χ2v) is 12.0. The molecule has 1 aliphatic carbocycles. The van der Waals surface area contributed by atoms with Crippen LogP contribution in [0, 0.1) is 17.3 Å². The number of aromatic amines is 1. The predicted octanol–water partition coefficient (Wildman–Crippen LogP) is 7.84. The molecule has 0 bridgehead atoms. The highest BCUT2D eigenvalue weighted by Crippen LogP contribution is 2.52. The van der Waals surface area contributed by atoms with Gasteiger partial charge in [-0.25, -0.2) is 0 Å². The monoisotopic (exact) mass is 462 g/mol. The number of piperidine rings is 1. The van der Waals surface area contributed by atoms with Gasteiger partial charge in [-0.1, -0.05) is 52.3 Å². The molecule has 1 saturated carbocycles. The first-order valence-electron chi connectivity index (χ1n) is 12.8. The third-order valence-electron chi connectivity index (χ3n) is 8.75. The van der Waals surface area contributed by atoms with Crippen molar-refractivity contribution >= 4 is 28.1 Å². The fourth-order valence-corrected chi connectivity index (χ4v) is 7.97. The van der Waals surface area contributed by atoms with E-state index in [9.17, 15) is 4.79 Å². The Balaban J connectivity index is 1.40. The van der Waals surface area contributed by atoms with Gasteiger partial charge in [0.05, 0.1) is 0 Å². The van der Waals surface area contributed by atoms with Gasteiger partial charge in [-0.05, 0) is 71.9 Å². The van der Waals surface area contributed by atoms with E-state index in [1.165, 1.54) is 47.1 Å². The fourth-order valence-electron chi connectivity index (χ4n) is 7.21. The predicted molar refractivity (Wildman–Crippen MR) is 140 cm³/mol. The Morgan fingerprint density at radius 3 is 2.79 bits per heavy atom. The molecule has 1 aliphatic heterocycles. The maximum atomic E-state index is 13.7. The van der Waals surface area contributed by atoms with Crippen LogP contribution in [0.15, 0.2) is 41.9 Å². The van der Waals surface area contributed by atoms with Gasteiger partial charge in [0.25, 0.3) is 0 Å². The number of likely N-dealkylation sites (tertiary alicyclic amines) is 1. The summed E-state index contributed by atoms with van der Waals surface area (Å²) in [7, 11) is 0. The number of nitrogens with zero attached hydrogens (tertiary/aromatic N) is 1. The molecule has 3 aromatic rings. The first-order chi connectivity index (χ1) is 15.9. The smallest absolute Gasteiger partial charge is 0.223 e. The summed E-state index contributed by atoms with van der Waals surface area (Å²) in [5.41, 5.74) is 3.98. The molecule has 3 nitrogen and oxygen atoms in total. The van der Waals surface area contributed by atoms with Crippen LogP contribution in [-0.4, -0.2) is 28.4 Å². The minimum absolute atomic E-state index is 0.185. The van der Waals surface area contributed by atoms with Gasteiger partial charge in [-0.3, -0.25) is 4.79 Å². The van der Waals surface area contributed by atoms with E-state index in [0.717, 1.165) is 24.4 Å². The fraction of sp³-hybridized carbons (Fsp3) is 0.552. The van der Waals surface area contributed by atoms with Gasteiger partial charge < -0.3 is 9.88 Å². The van der Waals surface area contributed by atoms with Gasteiger partial charge >= 0.3 is 0 Å². The lowest BCUT2D eigenvalue weighted by Crippen LogP contribution is -2.58. The maximum absolute atomic E-state index is 13.7. The first kappa shape index (κ1) is 22.7. The molecule has 4 unspecified atom stereocenters. The molecule has 4 heteroatoms. The highest BCUT2D eigenvalue weighted by Gasteiger charge is 2.50. The molecule has 176 valence electrons. The van der Waals surface area contributed by atoms with E-state index in [4.69, 9.17) is 0 Å². The number of H-pyrrole nitrogens is 1. The third-order valence-corrected chi connectivity index (χ3v) is 9.65. The summed E-state index contributed by atoms with van der Waals surface area (Å²) in [4.78, 5) is 20.8. The zero-order valence-corrected chi connectivity index (χ0v) is 21.4. The molecule has 5 rings (SSSR count). The molecule has 33 heavy (non-hydrogen) atoms. The molecule has 1 aromatic carbocycles. The molecule has 2 aliphatic rings.